The monoisotopic (exact) mass is 258 g/mol. The van der Waals surface area contributed by atoms with Crippen LogP contribution in [0.4, 0.5) is 0 Å². The number of aliphatic hydroxyl groups is 1. The third kappa shape index (κ3) is 2.22. The Hall–Kier alpha value is -2.21. The van der Waals surface area contributed by atoms with Gasteiger partial charge in [-0.25, -0.2) is 4.68 Å². The number of aliphatic hydroxyl groups excluding tert-OH is 1. The molecular formula is C13H14N4O2. The molecule has 3 rings (SSSR count). The minimum Gasteiger partial charge on any atom is -0.389 e. The maximum absolute atomic E-state index is 12.0. The van der Waals surface area contributed by atoms with Crippen molar-refractivity contribution in [2.75, 3.05) is 13.1 Å². The highest BCUT2D eigenvalue weighted by Crippen LogP contribution is 2.13. The van der Waals surface area contributed by atoms with E-state index in [1.165, 1.54) is 0 Å². The van der Waals surface area contributed by atoms with Gasteiger partial charge in [0.1, 0.15) is 0 Å². The van der Waals surface area contributed by atoms with Crippen molar-refractivity contribution < 1.29 is 9.90 Å². The van der Waals surface area contributed by atoms with Crippen LogP contribution in [-0.2, 0) is 0 Å². The Morgan fingerprint density at radius 3 is 2.89 bits per heavy atom. The van der Waals surface area contributed by atoms with Crippen LogP contribution in [0.5, 0.6) is 0 Å². The zero-order chi connectivity index (χ0) is 13.4. The van der Waals surface area contributed by atoms with Gasteiger partial charge in [0.15, 0.2) is 5.69 Å². The molecule has 1 aliphatic heterocycles. The average molecular weight is 258 g/mol. The van der Waals surface area contributed by atoms with Crippen LogP contribution in [0.15, 0.2) is 30.5 Å². The maximum Gasteiger partial charge on any atom is 0.276 e. The lowest BCUT2D eigenvalue weighted by atomic mass is 10.1. The highest BCUT2D eigenvalue weighted by atomic mass is 16.3. The first-order chi connectivity index (χ1) is 9.13. The Morgan fingerprint density at radius 1 is 1.42 bits per heavy atom. The third-order valence-electron chi connectivity index (χ3n) is 3.13. The summed E-state index contributed by atoms with van der Waals surface area (Å²) in [6.45, 7) is 2.74. The molecular weight excluding hydrogens is 244 g/mol. The molecule has 1 N–H and O–H groups in total. The SMILES string of the molecule is Cc1cccc(-n2cc(C(=O)N3CC(O)C3)nn2)c1. The van der Waals surface area contributed by atoms with Gasteiger partial charge in [0, 0.05) is 13.1 Å². The second-order valence-corrected chi connectivity index (χ2v) is 4.75. The van der Waals surface area contributed by atoms with Crippen LogP contribution in [0.25, 0.3) is 5.69 Å². The van der Waals surface area contributed by atoms with Gasteiger partial charge >= 0.3 is 0 Å². The van der Waals surface area contributed by atoms with E-state index in [1.807, 2.05) is 31.2 Å². The molecule has 1 saturated heterocycles. The van der Waals surface area contributed by atoms with E-state index in [0.717, 1.165) is 11.3 Å². The molecule has 0 atom stereocenters. The molecule has 1 aromatic carbocycles. The summed E-state index contributed by atoms with van der Waals surface area (Å²) in [6.07, 6.45) is 1.21. The number of hydrogen-bond acceptors (Lipinski definition) is 4. The molecule has 2 aromatic rings. The quantitative estimate of drug-likeness (QED) is 0.846. The molecule has 1 fully saturated rings. The van der Waals surface area contributed by atoms with Crippen molar-refractivity contribution in [3.63, 3.8) is 0 Å². The van der Waals surface area contributed by atoms with E-state index in [9.17, 15) is 9.90 Å². The average Bonchev–Trinajstić information content (AvgIpc) is 2.84. The van der Waals surface area contributed by atoms with Gasteiger partial charge in [-0.3, -0.25) is 4.79 Å². The fourth-order valence-electron chi connectivity index (χ4n) is 2.04. The van der Waals surface area contributed by atoms with Gasteiger partial charge < -0.3 is 10.0 Å². The molecule has 0 radical (unpaired) electrons. The van der Waals surface area contributed by atoms with Gasteiger partial charge in [-0.05, 0) is 24.6 Å². The summed E-state index contributed by atoms with van der Waals surface area (Å²) in [5, 5.41) is 17.0. The molecule has 1 amide bonds. The van der Waals surface area contributed by atoms with Gasteiger partial charge in [-0.2, -0.15) is 0 Å². The summed E-state index contributed by atoms with van der Waals surface area (Å²) in [5.41, 5.74) is 2.29. The molecule has 98 valence electrons. The summed E-state index contributed by atoms with van der Waals surface area (Å²) in [7, 11) is 0. The van der Waals surface area contributed by atoms with Crippen LogP contribution in [0.1, 0.15) is 16.1 Å². The number of amides is 1. The van der Waals surface area contributed by atoms with E-state index >= 15 is 0 Å². The standard InChI is InChI=1S/C13H14N4O2/c1-9-3-2-4-10(5-9)17-8-12(14-15-17)13(19)16-6-11(18)7-16/h2-5,8,11,18H,6-7H2,1H3. The van der Waals surface area contributed by atoms with Crippen molar-refractivity contribution in [1.82, 2.24) is 19.9 Å². The zero-order valence-electron chi connectivity index (χ0n) is 10.5. The van der Waals surface area contributed by atoms with Crippen molar-refractivity contribution in [1.29, 1.82) is 0 Å². The molecule has 0 aliphatic carbocycles. The molecule has 0 unspecified atom stereocenters. The summed E-state index contributed by atoms with van der Waals surface area (Å²) in [6, 6.07) is 7.80. The Bertz CT molecular complexity index is 617. The Balaban J connectivity index is 1.81. The minimum atomic E-state index is -0.407. The highest BCUT2D eigenvalue weighted by molar-refractivity contribution is 5.92. The van der Waals surface area contributed by atoms with Crippen LogP contribution < -0.4 is 0 Å². The van der Waals surface area contributed by atoms with E-state index in [2.05, 4.69) is 10.3 Å². The number of aryl methyl sites for hydroxylation is 1. The number of carbonyl (C=O) groups excluding carboxylic acids is 1. The zero-order valence-corrected chi connectivity index (χ0v) is 10.5. The Labute approximate surface area is 110 Å². The van der Waals surface area contributed by atoms with Gasteiger partial charge in [0.2, 0.25) is 0 Å². The van der Waals surface area contributed by atoms with Crippen LogP contribution in [0, 0.1) is 6.92 Å². The summed E-state index contributed by atoms with van der Waals surface area (Å²) in [5.74, 6) is -0.191. The van der Waals surface area contributed by atoms with Crippen molar-refractivity contribution >= 4 is 5.91 Å². The van der Waals surface area contributed by atoms with Crippen molar-refractivity contribution in [2.24, 2.45) is 0 Å². The number of nitrogens with zero attached hydrogens (tertiary/aromatic N) is 4. The smallest absolute Gasteiger partial charge is 0.276 e. The molecule has 0 bridgehead atoms. The van der Waals surface area contributed by atoms with Crippen molar-refractivity contribution in [3.8, 4) is 5.69 Å². The van der Waals surface area contributed by atoms with Crippen LogP contribution >= 0.6 is 0 Å². The number of rotatable bonds is 2. The summed E-state index contributed by atoms with van der Waals surface area (Å²) >= 11 is 0. The second kappa shape index (κ2) is 4.47. The normalized spacial score (nSPS) is 15.4. The first kappa shape index (κ1) is 11.9. The van der Waals surface area contributed by atoms with E-state index in [1.54, 1.807) is 15.8 Å². The lowest BCUT2D eigenvalue weighted by Gasteiger charge is -2.35. The first-order valence-corrected chi connectivity index (χ1v) is 6.10. The Kier molecular flexibility index (Phi) is 2.79. The maximum atomic E-state index is 12.0. The number of likely N-dealkylation sites (tertiary alicyclic amines) is 1. The van der Waals surface area contributed by atoms with E-state index in [4.69, 9.17) is 0 Å². The lowest BCUT2D eigenvalue weighted by Crippen LogP contribution is -2.53. The van der Waals surface area contributed by atoms with E-state index in [-0.39, 0.29) is 5.91 Å². The molecule has 6 heteroatoms. The molecule has 1 aliphatic rings. The lowest BCUT2D eigenvalue weighted by molar-refractivity contribution is 0.00549. The number of carbonyl (C=O) groups is 1. The topological polar surface area (TPSA) is 71.2 Å². The predicted octanol–water partition coefficient (Wildman–Crippen LogP) is 0.392. The molecule has 19 heavy (non-hydrogen) atoms. The minimum absolute atomic E-state index is 0.191. The Morgan fingerprint density at radius 2 is 2.21 bits per heavy atom. The number of hydrogen-bond donors (Lipinski definition) is 1. The molecule has 2 heterocycles. The number of benzene rings is 1. The number of β-amino-alcohol motifs (C(OH)–C–C–N with tert-alkyl or cyclic N) is 1. The van der Waals surface area contributed by atoms with Crippen molar-refractivity contribution in [2.45, 2.75) is 13.0 Å². The molecule has 6 nitrogen and oxygen atoms in total. The predicted molar refractivity (Wildman–Crippen MR) is 68.0 cm³/mol. The molecule has 1 aromatic heterocycles. The van der Waals surface area contributed by atoms with Crippen molar-refractivity contribution in [3.05, 3.63) is 41.7 Å². The van der Waals surface area contributed by atoms with Gasteiger partial charge in [-0.1, -0.05) is 17.3 Å². The molecule has 0 saturated carbocycles. The first-order valence-electron chi connectivity index (χ1n) is 6.10. The summed E-state index contributed by atoms with van der Waals surface area (Å²) < 4.78 is 1.58. The summed E-state index contributed by atoms with van der Waals surface area (Å²) in [4.78, 5) is 13.5. The second-order valence-electron chi connectivity index (χ2n) is 4.75. The van der Waals surface area contributed by atoms with E-state index in [0.29, 0.717) is 18.8 Å². The highest BCUT2D eigenvalue weighted by Gasteiger charge is 2.30. The number of aromatic nitrogens is 3. The van der Waals surface area contributed by atoms with Gasteiger partial charge in [-0.15, -0.1) is 5.10 Å². The van der Waals surface area contributed by atoms with Crippen LogP contribution in [-0.4, -0.2) is 50.1 Å². The van der Waals surface area contributed by atoms with Gasteiger partial charge in [0.05, 0.1) is 18.0 Å². The molecule has 0 spiro atoms. The van der Waals surface area contributed by atoms with Crippen LogP contribution in [0.2, 0.25) is 0 Å². The van der Waals surface area contributed by atoms with Gasteiger partial charge in [0.25, 0.3) is 5.91 Å². The fraction of sp³-hybridized carbons (Fsp3) is 0.308. The fourth-order valence-corrected chi connectivity index (χ4v) is 2.04. The van der Waals surface area contributed by atoms with E-state index < -0.39 is 6.10 Å². The largest absolute Gasteiger partial charge is 0.389 e. The third-order valence-corrected chi connectivity index (χ3v) is 3.13. The van der Waals surface area contributed by atoms with Crippen LogP contribution in [0.3, 0.4) is 0 Å².